The first-order valence-electron chi connectivity index (χ1n) is 16.2. The van der Waals surface area contributed by atoms with E-state index in [4.69, 9.17) is 4.42 Å². The molecule has 1 aromatic heterocycles. The number of rotatable bonds is 4. The van der Waals surface area contributed by atoms with Crippen LogP contribution >= 0.6 is 0 Å². The molecular formula is C43H35NO. The quantitative estimate of drug-likeness (QED) is 0.224. The van der Waals surface area contributed by atoms with Gasteiger partial charge in [-0.25, -0.2) is 0 Å². The number of hydrogen-bond acceptors (Lipinski definition) is 2. The highest BCUT2D eigenvalue weighted by atomic mass is 16.3. The number of para-hydroxylation sites is 2. The zero-order valence-electron chi connectivity index (χ0n) is 26.1. The molecule has 1 N–H and O–H groups in total. The second-order valence-electron chi connectivity index (χ2n) is 13.3. The van der Waals surface area contributed by atoms with Crippen LogP contribution in [0.4, 0.5) is 11.4 Å². The van der Waals surface area contributed by atoms with Crippen molar-refractivity contribution in [3.05, 3.63) is 155 Å². The van der Waals surface area contributed by atoms with Gasteiger partial charge in [0.1, 0.15) is 5.58 Å². The van der Waals surface area contributed by atoms with Crippen LogP contribution in [-0.2, 0) is 5.41 Å². The molecule has 2 heteroatoms. The van der Waals surface area contributed by atoms with Crippen molar-refractivity contribution in [2.45, 2.75) is 44.9 Å². The molecule has 0 amide bonds. The van der Waals surface area contributed by atoms with Gasteiger partial charge in [-0.15, -0.1) is 0 Å². The Bertz CT molecular complexity index is 2260. The highest BCUT2D eigenvalue weighted by Crippen LogP contribution is 2.64. The number of furan rings is 1. The van der Waals surface area contributed by atoms with Gasteiger partial charge >= 0.3 is 0 Å². The molecule has 2 nitrogen and oxygen atoms in total. The van der Waals surface area contributed by atoms with E-state index >= 15 is 0 Å². The number of hydrogen-bond donors (Lipinski definition) is 1. The van der Waals surface area contributed by atoms with E-state index in [0.717, 1.165) is 33.3 Å². The minimum Gasteiger partial charge on any atom is -0.454 e. The molecule has 45 heavy (non-hydrogen) atoms. The van der Waals surface area contributed by atoms with Crippen molar-refractivity contribution in [2.24, 2.45) is 0 Å². The second-order valence-corrected chi connectivity index (χ2v) is 13.3. The summed E-state index contributed by atoms with van der Waals surface area (Å²) >= 11 is 0. The van der Waals surface area contributed by atoms with E-state index in [1.54, 1.807) is 0 Å². The van der Waals surface area contributed by atoms with Crippen LogP contribution in [0, 0.1) is 0 Å². The average molecular weight is 582 g/mol. The topological polar surface area (TPSA) is 25.2 Å². The molecule has 7 aromatic rings. The Morgan fingerprint density at radius 3 is 1.84 bits per heavy atom. The Balaban J connectivity index is 1.34. The third-order valence-corrected chi connectivity index (χ3v) is 10.3. The predicted octanol–water partition coefficient (Wildman–Crippen LogP) is 11.9. The van der Waals surface area contributed by atoms with Gasteiger partial charge in [-0.2, -0.15) is 0 Å². The van der Waals surface area contributed by atoms with Crippen LogP contribution in [0.15, 0.2) is 126 Å². The van der Waals surface area contributed by atoms with Crippen molar-refractivity contribution >= 4 is 33.3 Å². The fourth-order valence-electron chi connectivity index (χ4n) is 8.08. The van der Waals surface area contributed by atoms with E-state index in [1.165, 1.54) is 55.6 Å². The summed E-state index contributed by atoms with van der Waals surface area (Å²) < 4.78 is 6.44. The van der Waals surface area contributed by atoms with Crippen molar-refractivity contribution in [3.63, 3.8) is 0 Å². The number of anilines is 2. The molecule has 1 heterocycles. The molecule has 0 fully saturated rings. The lowest BCUT2D eigenvalue weighted by molar-refractivity contribution is 0.670. The highest BCUT2D eigenvalue weighted by Gasteiger charge is 2.52. The summed E-state index contributed by atoms with van der Waals surface area (Å²) in [6, 6.07) is 45.0. The molecule has 0 saturated carbocycles. The van der Waals surface area contributed by atoms with Gasteiger partial charge in [-0.05, 0) is 80.1 Å². The predicted molar refractivity (Wildman–Crippen MR) is 188 cm³/mol. The third kappa shape index (κ3) is 3.51. The van der Waals surface area contributed by atoms with E-state index in [9.17, 15) is 0 Å². The summed E-state index contributed by atoms with van der Waals surface area (Å²) in [6.07, 6.45) is 0. The Hall–Kier alpha value is -5.08. The van der Waals surface area contributed by atoms with Gasteiger partial charge < -0.3 is 9.73 Å². The van der Waals surface area contributed by atoms with Crippen LogP contribution in [-0.4, -0.2) is 0 Å². The molecule has 1 spiro atoms. The Kier molecular flexibility index (Phi) is 5.54. The summed E-state index contributed by atoms with van der Waals surface area (Å²) in [6.45, 7) is 9.18. The van der Waals surface area contributed by atoms with Crippen molar-refractivity contribution in [1.82, 2.24) is 0 Å². The van der Waals surface area contributed by atoms with Crippen LogP contribution in [0.3, 0.4) is 0 Å². The SMILES string of the molecule is CC(C)c1ccc2c(c1)C1(c3cc(C(C)C)ccc3-2)c2ccccc2-c2c(Nc3cccc4c3oc3ccccc34)cccc21. The van der Waals surface area contributed by atoms with Crippen LogP contribution in [0.25, 0.3) is 44.2 Å². The van der Waals surface area contributed by atoms with Crippen molar-refractivity contribution in [2.75, 3.05) is 5.32 Å². The van der Waals surface area contributed by atoms with Gasteiger partial charge in [0.15, 0.2) is 5.58 Å². The maximum atomic E-state index is 6.44. The fraction of sp³-hybridized carbons (Fsp3) is 0.163. The van der Waals surface area contributed by atoms with E-state index in [-0.39, 0.29) is 0 Å². The minimum atomic E-state index is -0.393. The van der Waals surface area contributed by atoms with Crippen LogP contribution in [0.1, 0.15) is 72.9 Å². The molecule has 0 aliphatic heterocycles. The zero-order chi connectivity index (χ0) is 30.4. The van der Waals surface area contributed by atoms with Crippen LogP contribution in [0.5, 0.6) is 0 Å². The van der Waals surface area contributed by atoms with Crippen molar-refractivity contribution in [1.29, 1.82) is 0 Å². The van der Waals surface area contributed by atoms with E-state index in [1.807, 2.05) is 12.1 Å². The first-order chi connectivity index (χ1) is 22.0. The van der Waals surface area contributed by atoms with Crippen LogP contribution in [0.2, 0.25) is 0 Å². The van der Waals surface area contributed by atoms with Crippen molar-refractivity contribution < 1.29 is 4.42 Å². The molecule has 0 radical (unpaired) electrons. The number of benzene rings is 6. The molecule has 0 unspecified atom stereocenters. The molecule has 9 rings (SSSR count). The van der Waals surface area contributed by atoms with Gasteiger partial charge in [0, 0.05) is 22.0 Å². The third-order valence-electron chi connectivity index (χ3n) is 10.3. The lowest BCUT2D eigenvalue weighted by atomic mass is 9.69. The summed E-state index contributed by atoms with van der Waals surface area (Å²) in [5.41, 5.74) is 17.0. The van der Waals surface area contributed by atoms with E-state index in [0.29, 0.717) is 11.8 Å². The molecular weight excluding hydrogens is 546 g/mol. The normalized spacial score (nSPS) is 13.9. The standard InChI is InChI=1S/C43H35NO/c1-25(2)27-19-21-29-30-22-20-28(26(3)4)24-37(30)43(36(29)23-27)34-14-7-5-12-33(34)41-35(43)15-10-16-38(41)44-39-17-9-13-32-31-11-6-8-18-40(31)45-42(32)39/h5-26,44H,1-4H3. The monoisotopic (exact) mass is 581 g/mol. The lowest BCUT2D eigenvalue weighted by Gasteiger charge is -2.31. The molecule has 218 valence electrons. The fourth-order valence-corrected chi connectivity index (χ4v) is 8.08. The molecule has 2 aliphatic rings. The minimum absolute atomic E-state index is 0.393. The Morgan fingerprint density at radius 1 is 0.511 bits per heavy atom. The Morgan fingerprint density at radius 2 is 1.11 bits per heavy atom. The largest absolute Gasteiger partial charge is 0.454 e. The smallest absolute Gasteiger partial charge is 0.158 e. The second kappa shape index (κ2) is 9.46. The molecule has 0 atom stereocenters. The number of fused-ring (bicyclic) bond motifs is 13. The Labute approximate surface area is 264 Å². The summed E-state index contributed by atoms with van der Waals surface area (Å²) in [4.78, 5) is 0. The average Bonchev–Trinajstić information content (AvgIpc) is 3.69. The van der Waals surface area contributed by atoms with Crippen molar-refractivity contribution in [3.8, 4) is 22.3 Å². The lowest BCUT2D eigenvalue weighted by Crippen LogP contribution is -2.26. The van der Waals surface area contributed by atoms with Crippen LogP contribution < -0.4 is 5.32 Å². The molecule has 0 bridgehead atoms. The number of nitrogens with one attached hydrogen (secondary N) is 1. The van der Waals surface area contributed by atoms with E-state index < -0.39 is 5.41 Å². The highest BCUT2D eigenvalue weighted by molar-refractivity contribution is 6.10. The summed E-state index contributed by atoms with van der Waals surface area (Å²) in [5.74, 6) is 0.881. The van der Waals surface area contributed by atoms with E-state index in [2.05, 4.69) is 142 Å². The van der Waals surface area contributed by atoms with Gasteiger partial charge in [0.25, 0.3) is 0 Å². The summed E-state index contributed by atoms with van der Waals surface area (Å²) in [7, 11) is 0. The maximum absolute atomic E-state index is 6.44. The van der Waals surface area contributed by atoms with Gasteiger partial charge in [0.2, 0.25) is 0 Å². The molecule has 2 aliphatic carbocycles. The van der Waals surface area contributed by atoms with Gasteiger partial charge in [-0.3, -0.25) is 0 Å². The van der Waals surface area contributed by atoms with Gasteiger partial charge in [-0.1, -0.05) is 131 Å². The zero-order valence-corrected chi connectivity index (χ0v) is 26.1. The maximum Gasteiger partial charge on any atom is 0.158 e. The summed E-state index contributed by atoms with van der Waals surface area (Å²) in [5, 5.41) is 6.13. The van der Waals surface area contributed by atoms with Gasteiger partial charge in [0.05, 0.1) is 11.1 Å². The molecule has 0 saturated heterocycles. The first-order valence-corrected chi connectivity index (χ1v) is 16.2. The first kappa shape index (κ1) is 26.3. The molecule has 6 aromatic carbocycles.